The Bertz CT molecular complexity index is 1400. The third kappa shape index (κ3) is 3.89. The van der Waals surface area contributed by atoms with Crippen molar-refractivity contribution >= 4 is 22.5 Å². The van der Waals surface area contributed by atoms with Crippen LogP contribution in [0.25, 0.3) is 22.0 Å². The van der Waals surface area contributed by atoms with Crippen LogP contribution in [0.1, 0.15) is 10.4 Å². The fraction of sp³-hybridized carbons (Fsp3) is 0.200. The third-order valence-corrected chi connectivity index (χ3v) is 5.87. The Kier molecular flexibility index (Phi) is 5.43. The molecule has 1 atom stereocenters. The molecule has 0 amide bonds. The average Bonchev–Trinajstić information content (AvgIpc) is 2.86. The topological polar surface area (TPSA) is 77.3 Å². The first-order valence-corrected chi connectivity index (χ1v) is 10.6. The van der Waals surface area contributed by atoms with Crippen LogP contribution in [-0.4, -0.2) is 46.1 Å². The zero-order valence-electron chi connectivity index (χ0n) is 17.9. The van der Waals surface area contributed by atoms with Gasteiger partial charge in [-0.15, -0.1) is 0 Å². The lowest BCUT2D eigenvalue weighted by Crippen LogP contribution is -2.48. The van der Waals surface area contributed by atoms with Gasteiger partial charge >= 0.3 is 0 Å². The summed E-state index contributed by atoms with van der Waals surface area (Å²) in [5.74, 6) is -0.147. The molecule has 1 fully saturated rings. The molecular weight excluding hydrogens is 423 g/mol. The van der Waals surface area contributed by atoms with E-state index in [-0.39, 0.29) is 23.7 Å². The number of morpholine rings is 1. The van der Waals surface area contributed by atoms with Crippen LogP contribution in [0.3, 0.4) is 0 Å². The molecule has 1 aliphatic heterocycles. The van der Waals surface area contributed by atoms with Crippen LogP contribution in [0.5, 0.6) is 0 Å². The SMILES string of the molecule is Cn1c(N2CCOC(C(=O)c3ccc(F)c4ccccc34)C2)nc(-c2ccncc2)cc1=O. The van der Waals surface area contributed by atoms with E-state index in [2.05, 4.69) is 4.98 Å². The molecule has 0 bridgehead atoms. The summed E-state index contributed by atoms with van der Waals surface area (Å²) in [6.07, 6.45) is 2.52. The van der Waals surface area contributed by atoms with Crippen molar-refractivity contribution in [2.24, 2.45) is 7.05 Å². The number of nitrogens with zero attached hydrogens (tertiary/aromatic N) is 4. The number of ketones is 1. The summed E-state index contributed by atoms with van der Waals surface area (Å²) in [5, 5.41) is 0.943. The molecule has 2 aromatic heterocycles. The number of fused-ring (bicyclic) bond motifs is 1. The lowest BCUT2D eigenvalue weighted by molar-refractivity contribution is 0.0338. The molecular formula is C25H21FN4O3. The number of anilines is 1. The van der Waals surface area contributed by atoms with Gasteiger partial charge in [0.15, 0.2) is 5.78 Å². The Hall–Kier alpha value is -3.91. The van der Waals surface area contributed by atoms with E-state index < -0.39 is 6.10 Å². The molecule has 8 heteroatoms. The van der Waals surface area contributed by atoms with E-state index in [4.69, 9.17) is 9.72 Å². The molecule has 1 aliphatic rings. The summed E-state index contributed by atoms with van der Waals surface area (Å²) in [4.78, 5) is 36.6. The van der Waals surface area contributed by atoms with Crippen molar-refractivity contribution in [1.29, 1.82) is 0 Å². The number of hydrogen-bond acceptors (Lipinski definition) is 6. The molecule has 1 saturated heterocycles. The van der Waals surface area contributed by atoms with Crippen LogP contribution in [-0.2, 0) is 11.8 Å². The Morgan fingerprint density at radius 3 is 2.64 bits per heavy atom. The summed E-state index contributed by atoms with van der Waals surface area (Å²) in [7, 11) is 1.65. The minimum Gasteiger partial charge on any atom is -0.366 e. The first-order valence-electron chi connectivity index (χ1n) is 10.6. The van der Waals surface area contributed by atoms with Crippen molar-refractivity contribution in [3.05, 3.63) is 88.7 Å². The zero-order valence-corrected chi connectivity index (χ0v) is 17.9. The first-order chi connectivity index (χ1) is 16.0. The Morgan fingerprint density at radius 1 is 1.09 bits per heavy atom. The fourth-order valence-electron chi connectivity index (χ4n) is 4.12. The van der Waals surface area contributed by atoms with Crippen LogP contribution < -0.4 is 10.5 Å². The minimum atomic E-state index is -0.769. The molecule has 0 aliphatic carbocycles. The number of Topliss-reactive ketones (excluding diaryl/α,β-unsaturated/α-hetero) is 1. The van der Waals surface area contributed by atoms with Gasteiger partial charge in [-0.05, 0) is 29.7 Å². The number of aromatic nitrogens is 3. The zero-order chi connectivity index (χ0) is 22.9. The van der Waals surface area contributed by atoms with Gasteiger partial charge < -0.3 is 9.64 Å². The molecule has 166 valence electrons. The summed E-state index contributed by atoms with van der Waals surface area (Å²) < 4.78 is 21.5. The van der Waals surface area contributed by atoms with Gasteiger partial charge in [0.1, 0.15) is 11.9 Å². The van der Waals surface area contributed by atoms with Gasteiger partial charge in [-0.3, -0.25) is 19.1 Å². The maximum Gasteiger partial charge on any atom is 0.255 e. The second kappa shape index (κ2) is 8.55. The van der Waals surface area contributed by atoms with Crippen molar-refractivity contribution in [2.75, 3.05) is 24.6 Å². The van der Waals surface area contributed by atoms with Gasteiger partial charge in [-0.1, -0.05) is 24.3 Å². The number of benzene rings is 2. The van der Waals surface area contributed by atoms with E-state index >= 15 is 0 Å². The van der Waals surface area contributed by atoms with Crippen molar-refractivity contribution in [1.82, 2.24) is 14.5 Å². The first kappa shape index (κ1) is 21.0. The lowest BCUT2D eigenvalue weighted by Gasteiger charge is -2.33. The largest absolute Gasteiger partial charge is 0.366 e. The Morgan fingerprint density at radius 2 is 1.85 bits per heavy atom. The number of carbonyl (C=O) groups is 1. The van der Waals surface area contributed by atoms with E-state index in [1.54, 1.807) is 55.8 Å². The molecule has 2 aromatic carbocycles. The lowest BCUT2D eigenvalue weighted by atomic mass is 9.97. The summed E-state index contributed by atoms with van der Waals surface area (Å²) in [6, 6.07) is 14.8. The predicted molar refractivity (Wildman–Crippen MR) is 123 cm³/mol. The Balaban J connectivity index is 1.48. The summed E-state index contributed by atoms with van der Waals surface area (Å²) in [6.45, 7) is 1.00. The summed E-state index contributed by atoms with van der Waals surface area (Å²) >= 11 is 0. The quantitative estimate of drug-likeness (QED) is 0.450. The van der Waals surface area contributed by atoms with Gasteiger partial charge in [-0.25, -0.2) is 9.37 Å². The van der Waals surface area contributed by atoms with Crippen molar-refractivity contribution in [3.63, 3.8) is 0 Å². The number of halogens is 1. The predicted octanol–water partition coefficient (Wildman–Crippen LogP) is 3.22. The van der Waals surface area contributed by atoms with Crippen molar-refractivity contribution in [2.45, 2.75) is 6.10 Å². The van der Waals surface area contributed by atoms with Crippen LogP contribution in [0, 0.1) is 5.82 Å². The van der Waals surface area contributed by atoms with E-state index in [9.17, 15) is 14.0 Å². The third-order valence-electron chi connectivity index (χ3n) is 5.87. The van der Waals surface area contributed by atoms with Gasteiger partial charge in [0.25, 0.3) is 5.56 Å². The smallest absolute Gasteiger partial charge is 0.255 e. The van der Waals surface area contributed by atoms with Crippen LogP contribution in [0.15, 0.2) is 71.8 Å². The second-order valence-electron chi connectivity index (χ2n) is 7.88. The molecule has 4 aromatic rings. The van der Waals surface area contributed by atoms with Crippen LogP contribution >= 0.6 is 0 Å². The molecule has 5 rings (SSSR count). The van der Waals surface area contributed by atoms with Crippen molar-refractivity contribution in [3.8, 4) is 11.3 Å². The number of pyridine rings is 1. The second-order valence-corrected chi connectivity index (χ2v) is 7.88. The fourth-order valence-corrected chi connectivity index (χ4v) is 4.12. The highest BCUT2D eigenvalue weighted by Crippen LogP contribution is 2.25. The monoisotopic (exact) mass is 444 g/mol. The molecule has 33 heavy (non-hydrogen) atoms. The molecule has 0 N–H and O–H groups in total. The highest BCUT2D eigenvalue weighted by Gasteiger charge is 2.30. The molecule has 1 unspecified atom stereocenters. The van der Waals surface area contributed by atoms with E-state index in [1.165, 1.54) is 22.8 Å². The van der Waals surface area contributed by atoms with Gasteiger partial charge in [0.05, 0.1) is 18.8 Å². The maximum absolute atomic E-state index is 14.2. The number of ether oxygens (including phenoxy) is 1. The van der Waals surface area contributed by atoms with Crippen molar-refractivity contribution < 1.29 is 13.9 Å². The number of rotatable bonds is 4. The van der Waals surface area contributed by atoms with Gasteiger partial charge in [0.2, 0.25) is 5.95 Å². The van der Waals surface area contributed by atoms with Gasteiger partial charge in [0, 0.05) is 48.6 Å². The van der Waals surface area contributed by atoms with E-state index in [0.717, 1.165) is 5.56 Å². The molecule has 0 saturated carbocycles. The molecule has 7 nitrogen and oxygen atoms in total. The normalized spacial score (nSPS) is 16.2. The molecule has 3 heterocycles. The van der Waals surface area contributed by atoms with E-state index in [1.807, 2.05) is 4.90 Å². The molecule has 0 spiro atoms. The average molecular weight is 444 g/mol. The number of carbonyl (C=O) groups excluding carboxylic acids is 1. The molecule has 0 radical (unpaired) electrons. The van der Waals surface area contributed by atoms with Gasteiger partial charge in [-0.2, -0.15) is 0 Å². The standard InChI is InChI=1S/C25H21FN4O3/c1-29-23(31)14-21(16-8-10-27-11-9-16)28-25(29)30-12-13-33-22(15-30)24(32)19-6-7-20(26)18-5-3-2-4-17(18)19/h2-11,14,22H,12-13,15H2,1H3. The summed E-state index contributed by atoms with van der Waals surface area (Å²) in [5.41, 5.74) is 1.52. The minimum absolute atomic E-state index is 0.203. The highest BCUT2D eigenvalue weighted by molar-refractivity contribution is 6.10. The van der Waals surface area contributed by atoms with Crippen LogP contribution in [0.2, 0.25) is 0 Å². The Labute approximate surface area is 189 Å². The van der Waals surface area contributed by atoms with Crippen LogP contribution in [0.4, 0.5) is 10.3 Å². The highest BCUT2D eigenvalue weighted by atomic mass is 19.1. The maximum atomic E-state index is 14.2. The van der Waals surface area contributed by atoms with E-state index in [0.29, 0.717) is 41.1 Å². The number of hydrogen-bond donors (Lipinski definition) is 0.